The SMILES string of the molecule is O=C(CCC1CCCN1)NCc1nccs1. The first-order valence-electron chi connectivity index (χ1n) is 5.73. The molecule has 0 radical (unpaired) electrons. The molecule has 2 N–H and O–H groups in total. The molecule has 4 nitrogen and oxygen atoms in total. The van der Waals surface area contributed by atoms with Crippen molar-refractivity contribution in [3.05, 3.63) is 16.6 Å². The maximum atomic E-state index is 11.5. The number of nitrogens with one attached hydrogen (secondary N) is 2. The molecule has 1 aliphatic rings. The van der Waals surface area contributed by atoms with Gasteiger partial charge in [0.2, 0.25) is 5.91 Å². The summed E-state index contributed by atoms with van der Waals surface area (Å²) in [6, 6.07) is 0.547. The molecule has 0 aromatic carbocycles. The third-order valence-electron chi connectivity index (χ3n) is 2.80. The van der Waals surface area contributed by atoms with Crippen LogP contribution < -0.4 is 10.6 Å². The Kier molecular flexibility index (Phi) is 4.30. The van der Waals surface area contributed by atoms with E-state index in [9.17, 15) is 4.79 Å². The molecule has 1 aromatic rings. The van der Waals surface area contributed by atoms with E-state index in [1.807, 2.05) is 5.38 Å². The number of carbonyl (C=O) groups excluding carboxylic acids is 1. The zero-order valence-corrected chi connectivity index (χ0v) is 10.1. The number of amides is 1. The van der Waals surface area contributed by atoms with Gasteiger partial charge < -0.3 is 10.6 Å². The average molecular weight is 239 g/mol. The molecule has 0 saturated carbocycles. The molecule has 1 atom stereocenters. The average Bonchev–Trinajstić information content (AvgIpc) is 2.96. The van der Waals surface area contributed by atoms with Gasteiger partial charge in [-0.3, -0.25) is 4.79 Å². The lowest BCUT2D eigenvalue weighted by molar-refractivity contribution is -0.121. The second kappa shape index (κ2) is 5.96. The Hall–Kier alpha value is -0.940. The van der Waals surface area contributed by atoms with Crippen molar-refractivity contribution in [2.24, 2.45) is 0 Å². The van der Waals surface area contributed by atoms with Gasteiger partial charge in [0, 0.05) is 24.0 Å². The molecule has 1 amide bonds. The van der Waals surface area contributed by atoms with Crippen molar-refractivity contribution in [2.45, 2.75) is 38.3 Å². The lowest BCUT2D eigenvalue weighted by Crippen LogP contribution is -2.27. The summed E-state index contributed by atoms with van der Waals surface area (Å²) in [5.74, 6) is 0.129. The zero-order chi connectivity index (χ0) is 11.2. The molecule has 1 saturated heterocycles. The van der Waals surface area contributed by atoms with Crippen LogP contribution in [-0.2, 0) is 11.3 Å². The standard InChI is InChI=1S/C11H17N3OS/c15-10(4-3-9-2-1-5-12-9)14-8-11-13-6-7-16-11/h6-7,9,12H,1-5,8H2,(H,14,15). The molecule has 5 heteroatoms. The van der Waals surface area contributed by atoms with Crippen LogP contribution in [0.4, 0.5) is 0 Å². The van der Waals surface area contributed by atoms with E-state index >= 15 is 0 Å². The number of carbonyl (C=O) groups is 1. The van der Waals surface area contributed by atoms with Crippen molar-refractivity contribution in [1.29, 1.82) is 0 Å². The molecule has 0 bridgehead atoms. The van der Waals surface area contributed by atoms with Crippen LogP contribution in [0.3, 0.4) is 0 Å². The predicted molar refractivity (Wildman–Crippen MR) is 64.2 cm³/mol. The van der Waals surface area contributed by atoms with Gasteiger partial charge in [-0.15, -0.1) is 11.3 Å². The lowest BCUT2D eigenvalue weighted by Gasteiger charge is -2.09. The minimum Gasteiger partial charge on any atom is -0.350 e. The molecule has 2 rings (SSSR count). The first-order chi connectivity index (χ1) is 7.84. The van der Waals surface area contributed by atoms with Gasteiger partial charge in [-0.1, -0.05) is 0 Å². The van der Waals surface area contributed by atoms with E-state index in [4.69, 9.17) is 0 Å². The van der Waals surface area contributed by atoms with Crippen molar-refractivity contribution in [2.75, 3.05) is 6.54 Å². The van der Waals surface area contributed by atoms with Gasteiger partial charge in [0.05, 0.1) is 6.54 Å². The smallest absolute Gasteiger partial charge is 0.220 e. The summed E-state index contributed by atoms with van der Waals surface area (Å²) in [6.45, 7) is 1.67. The summed E-state index contributed by atoms with van der Waals surface area (Å²) in [7, 11) is 0. The van der Waals surface area contributed by atoms with Gasteiger partial charge in [-0.05, 0) is 25.8 Å². The third-order valence-corrected chi connectivity index (χ3v) is 3.58. The van der Waals surface area contributed by atoms with E-state index in [0.29, 0.717) is 19.0 Å². The number of rotatable bonds is 5. The molecule has 16 heavy (non-hydrogen) atoms. The molecule has 1 aromatic heterocycles. The fraction of sp³-hybridized carbons (Fsp3) is 0.636. The maximum Gasteiger partial charge on any atom is 0.220 e. The highest BCUT2D eigenvalue weighted by molar-refractivity contribution is 7.09. The second-order valence-electron chi connectivity index (χ2n) is 4.03. The minimum absolute atomic E-state index is 0.129. The first-order valence-corrected chi connectivity index (χ1v) is 6.61. The van der Waals surface area contributed by atoms with Crippen molar-refractivity contribution in [1.82, 2.24) is 15.6 Å². The highest BCUT2D eigenvalue weighted by atomic mass is 32.1. The van der Waals surface area contributed by atoms with E-state index in [-0.39, 0.29) is 5.91 Å². The van der Waals surface area contributed by atoms with E-state index in [2.05, 4.69) is 15.6 Å². The Morgan fingerprint density at radius 2 is 2.62 bits per heavy atom. The molecular formula is C11H17N3OS. The van der Waals surface area contributed by atoms with Crippen molar-refractivity contribution >= 4 is 17.2 Å². The van der Waals surface area contributed by atoms with Gasteiger partial charge >= 0.3 is 0 Å². The summed E-state index contributed by atoms with van der Waals surface area (Å²) in [5.41, 5.74) is 0. The van der Waals surface area contributed by atoms with E-state index in [1.165, 1.54) is 12.8 Å². The minimum atomic E-state index is 0.129. The second-order valence-corrected chi connectivity index (χ2v) is 5.01. The lowest BCUT2D eigenvalue weighted by atomic mass is 10.1. The van der Waals surface area contributed by atoms with Gasteiger partial charge in [0.25, 0.3) is 0 Å². The topological polar surface area (TPSA) is 54.0 Å². The fourth-order valence-corrected chi connectivity index (χ4v) is 2.47. The largest absolute Gasteiger partial charge is 0.350 e. The quantitative estimate of drug-likeness (QED) is 0.814. The molecule has 0 spiro atoms. The Morgan fingerprint density at radius 1 is 1.69 bits per heavy atom. The van der Waals surface area contributed by atoms with Crippen molar-refractivity contribution < 1.29 is 4.79 Å². The maximum absolute atomic E-state index is 11.5. The van der Waals surface area contributed by atoms with Crippen LogP contribution >= 0.6 is 11.3 Å². The van der Waals surface area contributed by atoms with Crippen molar-refractivity contribution in [3.63, 3.8) is 0 Å². The Balaban J connectivity index is 1.60. The highest BCUT2D eigenvalue weighted by Gasteiger charge is 2.15. The highest BCUT2D eigenvalue weighted by Crippen LogP contribution is 2.10. The van der Waals surface area contributed by atoms with Gasteiger partial charge in [-0.2, -0.15) is 0 Å². The molecule has 1 aliphatic heterocycles. The summed E-state index contributed by atoms with van der Waals surface area (Å²) in [4.78, 5) is 15.7. The number of hydrogen-bond acceptors (Lipinski definition) is 4. The number of nitrogens with zero attached hydrogens (tertiary/aromatic N) is 1. The monoisotopic (exact) mass is 239 g/mol. The Bertz CT molecular complexity index is 320. The third kappa shape index (κ3) is 3.57. The summed E-state index contributed by atoms with van der Waals surface area (Å²) in [5, 5.41) is 9.17. The van der Waals surface area contributed by atoms with Gasteiger partial charge in [0.1, 0.15) is 5.01 Å². The molecule has 2 heterocycles. The van der Waals surface area contributed by atoms with E-state index < -0.39 is 0 Å². The Morgan fingerprint density at radius 3 is 3.31 bits per heavy atom. The van der Waals surface area contributed by atoms with Crippen molar-refractivity contribution in [3.8, 4) is 0 Å². The zero-order valence-electron chi connectivity index (χ0n) is 9.24. The fourth-order valence-electron chi connectivity index (χ4n) is 1.91. The van der Waals surface area contributed by atoms with Crippen LogP contribution in [0.1, 0.15) is 30.7 Å². The number of aromatic nitrogens is 1. The summed E-state index contributed by atoms with van der Waals surface area (Å²) in [6.07, 6.45) is 5.77. The molecule has 1 unspecified atom stereocenters. The van der Waals surface area contributed by atoms with E-state index in [1.54, 1.807) is 17.5 Å². The van der Waals surface area contributed by atoms with Crippen LogP contribution in [0.5, 0.6) is 0 Å². The molecule has 1 fully saturated rings. The number of thiazole rings is 1. The van der Waals surface area contributed by atoms with Crippen LogP contribution in [0.25, 0.3) is 0 Å². The van der Waals surface area contributed by atoms with Crippen LogP contribution in [-0.4, -0.2) is 23.5 Å². The van der Waals surface area contributed by atoms with Crippen LogP contribution in [0.15, 0.2) is 11.6 Å². The van der Waals surface area contributed by atoms with Gasteiger partial charge in [-0.25, -0.2) is 4.98 Å². The molecule has 0 aliphatic carbocycles. The molecule has 88 valence electrons. The van der Waals surface area contributed by atoms with Gasteiger partial charge in [0.15, 0.2) is 0 Å². The predicted octanol–water partition coefficient (Wildman–Crippen LogP) is 1.29. The first kappa shape index (κ1) is 11.5. The number of hydrogen-bond donors (Lipinski definition) is 2. The van der Waals surface area contributed by atoms with E-state index in [0.717, 1.165) is 18.0 Å². The Labute approximate surface area is 99.5 Å². The molecular weight excluding hydrogens is 222 g/mol. The summed E-state index contributed by atoms with van der Waals surface area (Å²) < 4.78 is 0. The van der Waals surface area contributed by atoms with Crippen LogP contribution in [0, 0.1) is 0 Å². The normalized spacial score (nSPS) is 19.9. The summed E-state index contributed by atoms with van der Waals surface area (Å²) >= 11 is 1.57. The van der Waals surface area contributed by atoms with Crippen LogP contribution in [0.2, 0.25) is 0 Å².